The van der Waals surface area contributed by atoms with Gasteiger partial charge in [-0.3, -0.25) is 19.3 Å². The van der Waals surface area contributed by atoms with Crippen molar-refractivity contribution < 1.29 is 19.1 Å². The van der Waals surface area contributed by atoms with Crippen molar-refractivity contribution in [2.45, 2.75) is 25.3 Å². The fraction of sp³-hybridized carbons (Fsp3) is 0.300. The van der Waals surface area contributed by atoms with E-state index in [1.807, 2.05) is 36.4 Å². The van der Waals surface area contributed by atoms with E-state index in [4.69, 9.17) is 17.0 Å². The van der Waals surface area contributed by atoms with Gasteiger partial charge >= 0.3 is 5.97 Å². The molecule has 1 heterocycles. The van der Waals surface area contributed by atoms with E-state index in [0.717, 1.165) is 18.4 Å². The van der Waals surface area contributed by atoms with E-state index in [9.17, 15) is 14.4 Å². The predicted molar refractivity (Wildman–Crippen MR) is 112 cm³/mol. The van der Waals surface area contributed by atoms with Crippen LogP contribution in [0.5, 0.6) is 0 Å². The summed E-state index contributed by atoms with van der Waals surface area (Å²) in [6.45, 7) is -0.161. The van der Waals surface area contributed by atoms with Crippen LogP contribution in [-0.4, -0.2) is 46.2 Å². The molecule has 8 heteroatoms. The number of amides is 2. The zero-order chi connectivity index (χ0) is 19.9. The quantitative estimate of drug-likeness (QED) is 0.399. The van der Waals surface area contributed by atoms with Crippen molar-refractivity contribution in [3.63, 3.8) is 0 Å². The first kappa shape index (κ1) is 20.3. The lowest BCUT2D eigenvalue weighted by molar-refractivity contribution is -0.148. The molecule has 3 rings (SSSR count). The number of thioether (sulfide) groups is 1. The number of thiocarbonyl (C=S) groups is 1. The maximum absolute atomic E-state index is 12.5. The summed E-state index contributed by atoms with van der Waals surface area (Å²) in [5.41, 5.74) is 1.03. The lowest BCUT2D eigenvalue weighted by atomic mass is 10.2. The average Bonchev–Trinajstić information content (AvgIpc) is 3.45. The van der Waals surface area contributed by atoms with Crippen LogP contribution in [0.25, 0.3) is 6.08 Å². The van der Waals surface area contributed by atoms with Gasteiger partial charge in [0.1, 0.15) is 4.32 Å². The van der Waals surface area contributed by atoms with Crippen molar-refractivity contribution >= 4 is 52.2 Å². The van der Waals surface area contributed by atoms with Gasteiger partial charge in [-0.2, -0.15) is 0 Å². The Hall–Kier alpha value is -2.45. The Morgan fingerprint density at radius 1 is 1.29 bits per heavy atom. The molecule has 2 aliphatic rings. The molecular weight excluding hydrogens is 396 g/mol. The molecule has 1 aliphatic heterocycles. The molecule has 1 saturated heterocycles. The van der Waals surface area contributed by atoms with Gasteiger partial charge in [0.15, 0.2) is 6.61 Å². The van der Waals surface area contributed by atoms with Gasteiger partial charge in [-0.05, 0) is 24.5 Å². The van der Waals surface area contributed by atoms with Gasteiger partial charge in [-0.1, -0.05) is 66.5 Å². The van der Waals surface area contributed by atoms with Gasteiger partial charge in [0.2, 0.25) is 0 Å². The number of ether oxygens (including phenoxy) is 1. The number of rotatable bonds is 8. The minimum absolute atomic E-state index is 0.0176. The molecule has 2 amide bonds. The van der Waals surface area contributed by atoms with E-state index in [2.05, 4.69) is 5.32 Å². The number of hydrogen-bond donors (Lipinski definition) is 1. The van der Waals surface area contributed by atoms with Crippen molar-refractivity contribution in [1.29, 1.82) is 0 Å². The first-order chi connectivity index (χ1) is 13.5. The first-order valence-corrected chi connectivity index (χ1v) is 10.2. The van der Waals surface area contributed by atoms with Gasteiger partial charge < -0.3 is 10.1 Å². The van der Waals surface area contributed by atoms with Crippen LogP contribution < -0.4 is 5.32 Å². The summed E-state index contributed by atoms with van der Waals surface area (Å²) in [5, 5.41) is 2.74. The highest BCUT2D eigenvalue weighted by atomic mass is 32.2. The summed E-state index contributed by atoms with van der Waals surface area (Å²) < 4.78 is 5.34. The number of carbonyl (C=O) groups excluding carboxylic acids is 3. The number of carbonyl (C=O) groups is 3. The maximum Gasteiger partial charge on any atom is 0.308 e. The van der Waals surface area contributed by atoms with Gasteiger partial charge in [-0.25, -0.2) is 0 Å². The number of nitrogens with zero attached hydrogens (tertiary/aromatic N) is 1. The molecule has 0 aromatic heterocycles. The number of allylic oxidation sites excluding steroid dienone is 2. The molecule has 146 valence electrons. The molecule has 0 bridgehead atoms. The number of benzene rings is 1. The molecule has 1 saturated carbocycles. The molecule has 1 aliphatic carbocycles. The van der Waals surface area contributed by atoms with Crippen LogP contribution in [-0.2, 0) is 19.1 Å². The Morgan fingerprint density at radius 2 is 2.04 bits per heavy atom. The van der Waals surface area contributed by atoms with Crippen LogP contribution in [0.15, 0.2) is 47.4 Å². The van der Waals surface area contributed by atoms with Gasteiger partial charge in [0, 0.05) is 12.6 Å². The average molecular weight is 417 g/mol. The molecule has 0 atom stereocenters. The van der Waals surface area contributed by atoms with Crippen LogP contribution in [0, 0.1) is 0 Å². The Labute approximate surface area is 173 Å². The Morgan fingerprint density at radius 3 is 2.75 bits per heavy atom. The third-order valence-electron chi connectivity index (χ3n) is 4.06. The summed E-state index contributed by atoms with van der Waals surface area (Å²) in [7, 11) is 0. The molecule has 0 unspecified atom stereocenters. The highest BCUT2D eigenvalue weighted by Gasteiger charge is 2.32. The predicted octanol–water partition coefficient (Wildman–Crippen LogP) is 2.66. The zero-order valence-electron chi connectivity index (χ0n) is 15.1. The molecular formula is C20H20N2O4S2. The zero-order valence-corrected chi connectivity index (χ0v) is 16.8. The third-order valence-corrected chi connectivity index (χ3v) is 5.45. The Balaban J connectivity index is 1.45. The maximum atomic E-state index is 12.5. The molecule has 0 radical (unpaired) electrons. The minimum Gasteiger partial charge on any atom is -0.456 e. The van der Waals surface area contributed by atoms with Crippen molar-refractivity contribution in [2.75, 3.05) is 13.2 Å². The summed E-state index contributed by atoms with van der Waals surface area (Å²) in [6, 6.07) is 9.97. The smallest absolute Gasteiger partial charge is 0.308 e. The monoisotopic (exact) mass is 416 g/mol. The molecule has 1 N–H and O–H groups in total. The third kappa shape index (κ3) is 6.03. The molecule has 28 heavy (non-hydrogen) atoms. The second-order valence-electron chi connectivity index (χ2n) is 6.38. The molecule has 1 aromatic carbocycles. The highest BCUT2D eigenvalue weighted by Crippen LogP contribution is 2.31. The number of esters is 1. The highest BCUT2D eigenvalue weighted by molar-refractivity contribution is 8.26. The fourth-order valence-corrected chi connectivity index (χ4v) is 3.70. The van der Waals surface area contributed by atoms with E-state index < -0.39 is 5.97 Å². The van der Waals surface area contributed by atoms with Crippen LogP contribution >= 0.6 is 24.0 Å². The largest absolute Gasteiger partial charge is 0.456 e. The van der Waals surface area contributed by atoms with Gasteiger partial charge in [0.25, 0.3) is 11.8 Å². The van der Waals surface area contributed by atoms with E-state index >= 15 is 0 Å². The Bertz CT molecular complexity index is 832. The van der Waals surface area contributed by atoms with Crippen molar-refractivity contribution in [2.24, 2.45) is 0 Å². The lowest BCUT2D eigenvalue weighted by Crippen LogP contribution is -2.33. The fourth-order valence-electron chi connectivity index (χ4n) is 2.44. The second kappa shape index (κ2) is 9.66. The van der Waals surface area contributed by atoms with Crippen LogP contribution in [0.4, 0.5) is 0 Å². The van der Waals surface area contributed by atoms with Crippen LogP contribution in [0.1, 0.15) is 24.8 Å². The van der Waals surface area contributed by atoms with Crippen molar-refractivity contribution in [3.05, 3.63) is 53.0 Å². The van der Waals surface area contributed by atoms with E-state index in [1.165, 1.54) is 16.7 Å². The van der Waals surface area contributed by atoms with Gasteiger partial charge in [-0.15, -0.1) is 0 Å². The second-order valence-corrected chi connectivity index (χ2v) is 8.05. The summed E-state index contributed by atoms with van der Waals surface area (Å²) >= 11 is 6.44. The summed E-state index contributed by atoms with van der Waals surface area (Å²) in [5.74, 6) is -1.06. The van der Waals surface area contributed by atoms with Crippen LogP contribution in [0.3, 0.4) is 0 Å². The standard InChI is InChI=1S/C20H20N2O4S2/c23-17(21-15-9-10-15)13-26-18(24)11-12-22-19(25)16(28-20(22)27)8-4-7-14-5-2-1-3-6-14/h1-8,15H,9-13H2,(H,21,23). The van der Waals surface area contributed by atoms with Crippen molar-refractivity contribution in [3.8, 4) is 0 Å². The summed E-state index contributed by atoms with van der Waals surface area (Å²) in [6.07, 6.45) is 7.35. The van der Waals surface area contributed by atoms with E-state index in [1.54, 1.807) is 12.2 Å². The Kier molecular flexibility index (Phi) is 7.00. The first-order valence-electron chi connectivity index (χ1n) is 8.95. The molecule has 6 nitrogen and oxygen atoms in total. The molecule has 0 spiro atoms. The minimum atomic E-state index is -0.534. The molecule has 2 fully saturated rings. The lowest BCUT2D eigenvalue weighted by Gasteiger charge is -2.13. The number of hydrogen-bond acceptors (Lipinski definition) is 6. The summed E-state index contributed by atoms with van der Waals surface area (Å²) in [4.78, 5) is 37.7. The molecule has 1 aromatic rings. The topological polar surface area (TPSA) is 75.7 Å². The van der Waals surface area contributed by atoms with Crippen LogP contribution in [0.2, 0.25) is 0 Å². The van der Waals surface area contributed by atoms with E-state index in [0.29, 0.717) is 9.23 Å². The number of nitrogens with one attached hydrogen (secondary N) is 1. The van der Waals surface area contributed by atoms with Gasteiger partial charge in [0.05, 0.1) is 11.3 Å². The SMILES string of the molecule is O=C(COC(=O)CCN1C(=O)C(=CC=Cc2ccccc2)SC1=S)NC1CC1. The van der Waals surface area contributed by atoms with E-state index in [-0.39, 0.29) is 37.4 Å². The van der Waals surface area contributed by atoms with Crippen molar-refractivity contribution in [1.82, 2.24) is 10.2 Å². The normalized spacial score (nSPS) is 18.1.